The monoisotopic (exact) mass is 680 g/mol. The maximum atomic E-state index is 11.7. The summed E-state index contributed by atoms with van der Waals surface area (Å²) in [6.45, 7) is 0. The van der Waals surface area contributed by atoms with Crippen LogP contribution in [0.25, 0.3) is 0 Å². The predicted octanol–water partition coefficient (Wildman–Crippen LogP) is 7.85. The predicted molar refractivity (Wildman–Crippen MR) is 186 cm³/mol. The van der Waals surface area contributed by atoms with Crippen LogP contribution in [0.3, 0.4) is 0 Å². The third kappa shape index (κ3) is 4.92. The lowest BCUT2D eigenvalue weighted by atomic mass is 9.77. The molecule has 254 valence electrons. The molecule has 0 fully saturated rings. The Bertz CT molecular complexity index is 2310. The van der Waals surface area contributed by atoms with E-state index in [0.29, 0.717) is 34.6 Å². The Hall–Kier alpha value is -6.48. The van der Waals surface area contributed by atoms with Gasteiger partial charge in [-0.25, -0.2) is 0 Å². The quantitative estimate of drug-likeness (QED) is 0.0984. The van der Waals surface area contributed by atoms with Crippen molar-refractivity contribution in [1.29, 1.82) is 0 Å². The maximum absolute atomic E-state index is 11.7. The third-order valence-electron chi connectivity index (χ3n) is 10.5. The Labute approximate surface area is 292 Å². The molecule has 9 heteroatoms. The summed E-state index contributed by atoms with van der Waals surface area (Å²) < 4.78 is 13.6. The first kappa shape index (κ1) is 30.6. The number of fused-ring (bicyclic) bond motifs is 4. The van der Waals surface area contributed by atoms with E-state index >= 15 is 0 Å². The van der Waals surface area contributed by atoms with Crippen LogP contribution in [-0.2, 0) is 6.42 Å². The molecule has 5 unspecified atom stereocenters. The molecular formula is C42H32O9. The van der Waals surface area contributed by atoms with E-state index in [4.69, 9.17) is 9.47 Å². The molecule has 51 heavy (non-hydrogen) atoms. The summed E-state index contributed by atoms with van der Waals surface area (Å²) in [7, 11) is 0. The molecule has 1 aliphatic carbocycles. The Balaban J connectivity index is 1.35. The number of rotatable bonds is 4. The number of ether oxygens (including phenoxy) is 2. The van der Waals surface area contributed by atoms with Crippen molar-refractivity contribution >= 4 is 0 Å². The Morgan fingerprint density at radius 2 is 0.882 bits per heavy atom. The van der Waals surface area contributed by atoms with Gasteiger partial charge in [0.1, 0.15) is 64.0 Å². The van der Waals surface area contributed by atoms with E-state index < -0.39 is 30.0 Å². The fourth-order valence-electron chi connectivity index (χ4n) is 8.41. The highest BCUT2D eigenvalue weighted by Gasteiger charge is 2.49. The number of aromatic hydroxyl groups is 7. The molecule has 6 aromatic rings. The second-order valence-electron chi connectivity index (χ2n) is 13.5. The SMILES string of the molecule is Oc1ccc(C2Cc3c4c(cc5c3C(c3cc(O)cc(O)c32)C(c2ccc(O)cc2)O5)OC(c2ccc(O)cc2)C4c2cc(O)cc(O)c2)cc1. The Morgan fingerprint density at radius 1 is 0.412 bits per heavy atom. The normalized spacial score (nSPS) is 21.1. The number of hydrogen-bond donors (Lipinski definition) is 7. The second kappa shape index (κ2) is 11.3. The van der Waals surface area contributed by atoms with Crippen molar-refractivity contribution < 1.29 is 45.2 Å². The van der Waals surface area contributed by atoms with E-state index in [1.807, 2.05) is 18.2 Å². The number of phenolic OH excluding ortho intramolecular Hbond substituents is 7. The third-order valence-corrected chi connectivity index (χ3v) is 10.5. The Kier molecular flexibility index (Phi) is 6.76. The van der Waals surface area contributed by atoms with Gasteiger partial charge in [0.05, 0.1) is 11.8 Å². The van der Waals surface area contributed by atoms with Crippen molar-refractivity contribution in [2.75, 3.05) is 0 Å². The van der Waals surface area contributed by atoms with E-state index in [1.54, 1.807) is 78.9 Å². The molecule has 0 radical (unpaired) electrons. The van der Waals surface area contributed by atoms with Crippen molar-refractivity contribution in [2.24, 2.45) is 0 Å². The molecule has 0 amide bonds. The lowest BCUT2D eigenvalue weighted by molar-refractivity contribution is 0.212. The fourth-order valence-corrected chi connectivity index (χ4v) is 8.41. The molecule has 9 nitrogen and oxygen atoms in total. The minimum Gasteiger partial charge on any atom is -0.508 e. The van der Waals surface area contributed by atoms with Crippen molar-refractivity contribution in [2.45, 2.75) is 36.4 Å². The molecule has 0 bridgehead atoms. The highest BCUT2D eigenvalue weighted by molar-refractivity contribution is 5.69. The largest absolute Gasteiger partial charge is 0.508 e. The second-order valence-corrected chi connectivity index (χ2v) is 13.5. The van der Waals surface area contributed by atoms with Crippen molar-refractivity contribution in [1.82, 2.24) is 0 Å². The van der Waals surface area contributed by atoms with Crippen LogP contribution < -0.4 is 9.47 Å². The summed E-state index contributed by atoms with van der Waals surface area (Å²) in [5, 5.41) is 74.5. The minimum atomic E-state index is -0.623. The standard InChI is InChI=1S/C42H32O9/c43-24-7-1-20(2-8-24)30-18-32-38-34(50-41(21-3-9-25(44)10-4-21)36(38)23-13-27(46)15-28(47)14-23)19-35-39(32)40(31-16-29(48)17-33(49)37(30)31)42(51-35)22-5-11-26(45)12-6-22/h1-17,19,30,36,40-49H,18H2. The van der Waals surface area contributed by atoms with E-state index in [0.717, 1.165) is 33.4 Å². The van der Waals surface area contributed by atoms with Crippen LogP contribution in [0.1, 0.15) is 80.0 Å². The van der Waals surface area contributed by atoms with Crippen molar-refractivity contribution in [3.8, 4) is 51.7 Å². The fraction of sp³-hybridized carbons (Fsp3) is 0.143. The minimum absolute atomic E-state index is 0.0851. The highest BCUT2D eigenvalue weighted by atomic mass is 16.5. The molecule has 9 rings (SSSR count). The molecule has 7 N–H and O–H groups in total. The molecule has 0 spiro atoms. The van der Waals surface area contributed by atoms with E-state index in [9.17, 15) is 35.7 Å². The van der Waals surface area contributed by atoms with Crippen LogP contribution in [0.2, 0.25) is 0 Å². The summed E-state index contributed by atoms with van der Waals surface area (Å²) in [6.07, 6.45) is -0.879. The molecule has 0 saturated heterocycles. The average molecular weight is 681 g/mol. The van der Waals surface area contributed by atoms with E-state index in [1.165, 1.54) is 12.1 Å². The molecule has 6 aromatic carbocycles. The van der Waals surface area contributed by atoms with E-state index in [2.05, 4.69) is 0 Å². The molecule has 2 aliphatic heterocycles. The molecule has 0 aromatic heterocycles. The summed E-state index contributed by atoms with van der Waals surface area (Å²) in [4.78, 5) is 0. The van der Waals surface area contributed by atoms with Crippen LogP contribution in [0.15, 0.2) is 109 Å². The summed E-state index contributed by atoms with van der Waals surface area (Å²) in [5.41, 5.74) is 6.79. The van der Waals surface area contributed by atoms with Gasteiger partial charge in [0.2, 0.25) is 0 Å². The maximum Gasteiger partial charge on any atom is 0.135 e. The first-order valence-corrected chi connectivity index (χ1v) is 16.6. The lowest BCUT2D eigenvalue weighted by Crippen LogP contribution is -2.14. The van der Waals surface area contributed by atoms with Crippen LogP contribution in [0, 0.1) is 0 Å². The lowest BCUT2D eigenvalue weighted by Gasteiger charge is -2.25. The van der Waals surface area contributed by atoms with Gasteiger partial charge in [0, 0.05) is 40.8 Å². The zero-order chi connectivity index (χ0) is 35.1. The van der Waals surface area contributed by atoms with Gasteiger partial charge in [0.15, 0.2) is 0 Å². The van der Waals surface area contributed by atoms with Crippen LogP contribution in [0.4, 0.5) is 0 Å². The topological polar surface area (TPSA) is 160 Å². The highest BCUT2D eigenvalue weighted by Crippen LogP contribution is 2.63. The van der Waals surface area contributed by atoms with Crippen LogP contribution in [0.5, 0.6) is 51.7 Å². The van der Waals surface area contributed by atoms with Crippen molar-refractivity contribution in [3.63, 3.8) is 0 Å². The number of benzene rings is 6. The van der Waals surface area contributed by atoms with Gasteiger partial charge in [-0.3, -0.25) is 0 Å². The van der Waals surface area contributed by atoms with E-state index in [-0.39, 0.29) is 40.2 Å². The molecule has 3 aliphatic rings. The first-order chi connectivity index (χ1) is 24.6. The Morgan fingerprint density at radius 3 is 1.43 bits per heavy atom. The number of hydrogen-bond acceptors (Lipinski definition) is 9. The zero-order valence-corrected chi connectivity index (χ0v) is 26.9. The molecule has 0 saturated carbocycles. The summed E-state index contributed by atoms with van der Waals surface area (Å²) in [6, 6.07) is 29.7. The van der Waals surface area contributed by atoms with Gasteiger partial charge in [-0.2, -0.15) is 0 Å². The van der Waals surface area contributed by atoms with Gasteiger partial charge < -0.3 is 45.2 Å². The molecular weight excluding hydrogens is 648 g/mol. The van der Waals surface area contributed by atoms with Gasteiger partial charge in [-0.1, -0.05) is 36.4 Å². The zero-order valence-electron chi connectivity index (χ0n) is 26.9. The summed E-state index contributed by atoms with van der Waals surface area (Å²) >= 11 is 0. The van der Waals surface area contributed by atoms with Gasteiger partial charge in [0.25, 0.3) is 0 Å². The van der Waals surface area contributed by atoms with Gasteiger partial charge in [-0.05, 0) is 94.4 Å². The van der Waals surface area contributed by atoms with Gasteiger partial charge >= 0.3 is 0 Å². The number of phenols is 7. The van der Waals surface area contributed by atoms with Crippen LogP contribution >= 0.6 is 0 Å². The average Bonchev–Trinajstić information content (AvgIpc) is 3.62. The molecule has 5 atom stereocenters. The van der Waals surface area contributed by atoms with Crippen LogP contribution in [-0.4, -0.2) is 35.7 Å². The smallest absolute Gasteiger partial charge is 0.135 e. The first-order valence-electron chi connectivity index (χ1n) is 16.6. The summed E-state index contributed by atoms with van der Waals surface area (Å²) in [5.74, 6) is -0.529. The molecule has 2 heterocycles. The van der Waals surface area contributed by atoms with Crippen molar-refractivity contribution in [3.05, 3.63) is 159 Å². The van der Waals surface area contributed by atoms with Gasteiger partial charge in [-0.15, -0.1) is 0 Å².